The molecular weight excluding hydrogens is 414 g/mol. The van der Waals surface area contributed by atoms with Crippen LogP contribution in [-0.2, 0) is 17.8 Å². The zero-order valence-electron chi connectivity index (χ0n) is 17.1. The highest BCUT2D eigenvalue weighted by Crippen LogP contribution is 2.19. The quantitative estimate of drug-likeness (QED) is 0.267. The first-order valence-corrected chi connectivity index (χ1v) is 9.86. The lowest BCUT2D eigenvalue weighted by Gasteiger charge is -2.11. The van der Waals surface area contributed by atoms with Crippen LogP contribution in [-0.4, -0.2) is 31.5 Å². The normalized spacial score (nSPS) is 14.8. The number of H-pyrrole nitrogens is 1. The summed E-state index contributed by atoms with van der Waals surface area (Å²) in [6, 6.07) is 14.0. The zero-order chi connectivity index (χ0) is 22.8. The molecule has 0 atom stereocenters. The number of nitrogens with zero attached hydrogens (tertiary/aromatic N) is 3. The number of imide groups is 1. The summed E-state index contributed by atoms with van der Waals surface area (Å²) in [6.45, 7) is 1.82. The zero-order valence-corrected chi connectivity index (χ0v) is 17.1. The molecule has 3 amide bonds. The number of aromatic amines is 1. The van der Waals surface area contributed by atoms with E-state index >= 15 is 0 Å². The maximum atomic E-state index is 13.0. The number of aryl methyl sites for hydroxylation is 1. The summed E-state index contributed by atoms with van der Waals surface area (Å²) in [5.41, 5.74) is 1.70. The minimum atomic E-state index is -0.628. The summed E-state index contributed by atoms with van der Waals surface area (Å²) in [7, 11) is 0. The van der Waals surface area contributed by atoms with Crippen LogP contribution in [0.3, 0.4) is 0 Å². The second kappa shape index (κ2) is 8.34. The predicted molar refractivity (Wildman–Crippen MR) is 116 cm³/mol. The van der Waals surface area contributed by atoms with Gasteiger partial charge in [-0.2, -0.15) is 0 Å². The number of amides is 3. The lowest BCUT2D eigenvalue weighted by atomic mass is 10.1. The predicted octanol–water partition coefficient (Wildman–Crippen LogP) is 2.73. The van der Waals surface area contributed by atoms with Crippen molar-refractivity contribution >= 4 is 23.7 Å². The average molecular weight is 433 g/mol. The van der Waals surface area contributed by atoms with E-state index in [0.717, 1.165) is 4.90 Å². The topological polar surface area (TPSA) is 130 Å². The molecule has 0 spiro atoms. The molecule has 0 aliphatic carbocycles. The third kappa shape index (κ3) is 3.81. The number of non-ortho nitro benzene ring substituents is 1. The molecule has 3 aromatic rings. The van der Waals surface area contributed by atoms with Crippen LogP contribution in [0.2, 0.25) is 0 Å². The van der Waals surface area contributed by atoms with Crippen LogP contribution < -0.4 is 10.9 Å². The molecule has 32 heavy (non-hydrogen) atoms. The van der Waals surface area contributed by atoms with E-state index < -0.39 is 16.9 Å². The molecule has 0 bridgehead atoms. The van der Waals surface area contributed by atoms with Crippen LogP contribution in [0.5, 0.6) is 0 Å². The Balaban J connectivity index is 1.62. The van der Waals surface area contributed by atoms with Crippen LogP contribution in [0.1, 0.15) is 23.7 Å². The second-order valence-corrected chi connectivity index (χ2v) is 7.14. The third-order valence-electron chi connectivity index (χ3n) is 5.11. The molecule has 4 rings (SSSR count). The van der Waals surface area contributed by atoms with Crippen molar-refractivity contribution in [2.45, 2.75) is 19.9 Å². The van der Waals surface area contributed by atoms with Crippen molar-refractivity contribution in [3.05, 3.63) is 97.6 Å². The molecule has 162 valence electrons. The van der Waals surface area contributed by atoms with Crippen molar-refractivity contribution in [3.8, 4) is 5.69 Å². The summed E-state index contributed by atoms with van der Waals surface area (Å²) in [6.07, 6.45) is 1.90. The van der Waals surface area contributed by atoms with Crippen molar-refractivity contribution < 1.29 is 14.5 Å². The number of hydrogen-bond acceptors (Lipinski definition) is 5. The second-order valence-electron chi connectivity index (χ2n) is 7.14. The number of carbonyl (C=O) groups excluding carboxylic acids is 2. The smallest absolute Gasteiger partial charge is 0.303 e. The fourth-order valence-corrected chi connectivity index (χ4v) is 3.44. The van der Waals surface area contributed by atoms with Gasteiger partial charge in [-0.1, -0.05) is 37.3 Å². The molecule has 1 aromatic heterocycles. The number of urea groups is 1. The average Bonchev–Trinajstić information content (AvgIpc) is 3.25. The van der Waals surface area contributed by atoms with Gasteiger partial charge in [0.15, 0.2) is 0 Å². The van der Waals surface area contributed by atoms with Crippen LogP contribution in [0, 0.1) is 10.1 Å². The van der Waals surface area contributed by atoms with Crippen molar-refractivity contribution in [2.24, 2.45) is 0 Å². The number of aromatic nitrogens is 2. The summed E-state index contributed by atoms with van der Waals surface area (Å²) in [4.78, 5) is 49.4. The summed E-state index contributed by atoms with van der Waals surface area (Å²) < 4.78 is 1.39. The van der Waals surface area contributed by atoms with Gasteiger partial charge in [-0.15, -0.1) is 0 Å². The third-order valence-corrected chi connectivity index (χ3v) is 5.11. The number of para-hydroxylation sites is 1. The van der Waals surface area contributed by atoms with Crippen LogP contribution in [0.25, 0.3) is 11.8 Å². The molecule has 10 heteroatoms. The molecule has 0 saturated carbocycles. The standard InChI is InChI=1S/C22H19N5O5/c1-2-18-17(20(28)26(24-18)15-6-4-3-5-7-15)12-19-21(29)25(22(30)23-19)13-14-8-10-16(11-9-14)27(31)32/h3-12,24H,2,13H2,1H3,(H,23,30)/b19-12-. The Morgan fingerprint density at radius 3 is 2.34 bits per heavy atom. The molecule has 0 unspecified atom stereocenters. The summed E-state index contributed by atoms with van der Waals surface area (Å²) in [5, 5.41) is 16.3. The molecule has 0 radical (unpaired) electrons. The number of nitro benzene ring substituents is 1. The minimum Gasteiger partial charge on any atom is -0.303 e. The Labute approximate surface area is 181 Å². The Kier molecular flexibility index (Phi) is 5.42. The Hall–Kier alpha value is -4.47. The van der Waals surface area contributed by atoms with E-state index in [-0.39, 0.29) is 29.1 Å². The molecule has 2 N–H and O–H groups in total. The highest BCUT2D eigenvalue weighted by molar-refractivity contribution is 6.13. The van der Waals surface area contributed by atoms with Gasteiger partial charge in [0.25, 0.3) is 17.2 Å². The first kappa shape index (κ1) is 20.8. The van der Waals surface area contributed by atoms with Crippen LogP contribution >= 0.6 is 0 Å². The van der Waals surface area contributed by atoms with Gasteiger partial charge < -0.3 is 5.32 Å². The number of nitrogens with one attached hydrogen (secondary N) is 2. The van der Waals surface area contributed by atoms with Gasteiger partial charge in [0, 0.05) is 17.8 Å². The maximum absolute atomic E-state index is 13.0. The molecule has 2 heterocycles. The van der Waals surface area contributed by atoms with Gasteiger partial charge in [0.1, 0.15) is 5.70 Å². The molecule has 2 aromatic carbocycles. The summed E-state index contributed by atoms with van der Waals surface area (Å²) >= 11 is 0. The lowest BCUT2D eigenvalue weighted by Crippen LogP contribution is -2.30. The van der Waals surface area contributed by atoms with Gasteiger partial charge in [-0.25, -0.2) is 9.48 Å². The van der Waals surface area contributed by atoms with E-state index in [1.54, 1.807) is 12.1 Å². The van der Waals surface area contributed by atoms with Gasteiger partial charge in [0.05, 0.1) is 22.7 Å². The summed E-state index contributed by atoms with van der Waals surface area (Å²) in [5.74, 6) is -0.581. The van der Waals surface area contributed by atoms with Gasteiger partial charge >= 0.3 is 6.03 Å². The maximum Gasteiger partial charge on any atom is 0.329 e. The Bertz CT molecular complexity index is 1290. The lowest BCUT2D eigenvalue weighted by molar-refractivity contribution is -0.384. The molecule has 10 nitrogen and oxygen atoms in total. The largest absolute Gasteiger partial charge is 0.329 e. The minimum absolute atomic E-state index is 0.0112. The highest BCUT2D eigenvalue weighted by atomic mass is 16.6. The molecule has 1 saturated heterocycles. The first-order chi connectivity index (χ1) is 15.4. The molecule has 1 aliphatic heterocycles. The fraction of sp³-hybridized carbons (Fsp3) is 0.136. The van der Waals surface area contributed by atoms with E-state index in [2.05, 4.69) is 10.4 Å². The van der Waals surface area contributed by atoms with Gasteiger partial charge in [0.2, 0.25) is 0 Å². The van der Waals surface area contributed by atoms with E-state index in [0.29, 0.717) is 23.4 Å². The number of nitro groups is 1. The number of hydrogen-bond donors (Lipinski definition) is 2. The molecular formula is C22H19N5O5. The monoisotopic (exact) mass is 433 g/mol. The SMILES string of the molecule is CCc1[nH]n(-c2ccccc2)c(=O)c1/C=C1\NC(=O)N(Cc2ccc([N+](=O)[O-])cc2)C1=O. The van der Waals surface area contributed by atoms with Crippen molar-refractivity contribution in [1.82, 2.24) is 20.0 Å². The molecule has 1 fully saturated rings. The molecule has 1 aliphatic rings. The van der Waals surface area contributed by atoms with Crippen molar-refractivity contribution in [3.63, 3.8) is 0 Å². The number of benzene rings is 2. The number of rotatable bonds is 6. The van der Waals surface area contributed by atoms with Gasteiger partial charge in [-0.05, 0) is 30.2 Å². The van der Waals surface area contributed by atoms with Gasteiger partial charge in [-0.3, -0.25) is 29.7 Å². The Morgan fingerprint density at radius 1 is 1.03 bits per heavy atom. The van der Waals surface area contributed by atoms with Crippen molar-refractivity contribution in [1.29, 1.82) is 0 Å². The van der Waals surface area contributed by atoms with E-state index in [4.69, 9.17) is 0 Å². The van der Waals surface area contributed by atoms with E-state index in [1.165, 1.54) is 35.0 Å². The first-order valence-electron chi connectivity index (χ1n) is 9.86. The Morgan fingerprint density at radius 2 is 1.72 bits per heavy atom. The number of carbonyl (C=O) groups is 2. The van der Waals surface area contributed by atoms with E-state index in [1.807, 2.05) is 25.1 Å². The van der Waals surface area contributed by atoms with Crippen molar-refractivity contribution in [2.75, 3.05) is 0 Å². The highest BCUT2D eigenvalue weighted by Gasteiger charge is 2.34. The van der Waals surface area contributed by atoms with E-state index in [9.17, 15) is 24.5 Å². The van der Waals surface area contributed by atoms with Crippen LogP contribution in [0.4, 0.5) is 10.5 Å². The van der Waals surface area contributed by atoms with Crippen LogP contribution in [0.15, 0.2) is 65.1 Å². The fourth-order valence-electron chi connectivity index (χ4n) is 3.44.